The normalized spacial score (nSPS) is 15.9. The molecule has 2 aliphatic heterocycles. The van der Waals surface area contributed by atoms with Crippen LogP contribution in [0.2, 0.25) is 0 Å². The molecule has 8 rings (SSSR count). The smallest absolute Gasteiger partial charge is 0.405 e. The maximum atomic E-state index is 12.4. The predicted octanol–water partition coefficient (Wildman–Crippen LogP) is 13.8. The van der Waals surface area contributed by atoms with E-state index in [1.807, 2.05) is 67.5 Å². The molecular formula is C50H60B2Br2Cl3F9N12O6. The fraction of sp³-hybridized carbons (Fsp3) is 0.420. The van der Waals surface area contributed by atoms with Gasteiger partial charge in [-0.2, -0.15) is 39.5 Å². The number of rotatable bonds is 6. The molecule has 0 aliphatic carbocycles. The summed E-state index contributed by atoms with van der Waals surface area (Å²) in [7, 11) is -0.952. The van der Waals surface area contributed by atoms with Gasteiger partial charge in [0.15, 0.2) is 0 Å². The quantitative estimate of drug-likeness (QED) is 0.0461. The van der Waals surface area contributed by atoms with Gasteiger partial charge in [0, 0.05) is 48.3 Å². The zero-order chi connectivity index (χ0) is 62.4. The van der Waals surface area contributed by atoms with Gasteiger partial charge in [0.05, 0.1) is 38.3 Å². The Hall–Kier alpha value is -5.40. The highest BCUT2D eigenvalue weighted by Crippen LogP contribution is 2.43. The van der Waals surface area contributed by atoms with Crippen LogP contribution in [-0.4, -0.2) is 103 Å². The van der Waals surface area contributed by atoms with Crippen molar-refractivity contribution >= 4 is 109 Å². The summed E-state index contributed by atoms with van der Waals surface area (Å²) in [5.74, 6) is -2.91. The fourth-order valence-electron chi connectivity index (χ4n) is 5.60. The van der Waals surface area contributed by atoms with E-state index in [0.29, 0.717) is 32.8 Å². The van der Waals surface area contributed by atoms with E-state index in [9.17, 15) is 49.1 Å². The number of carbonyl (C=O) groups excluding carboxylic acids is 2. The van der Waals surface area contributed by atoms with Crippen molar-refractivity contribution in [1.82, 2.24) is 44.9 Å². The van der Waals surface area contributed by atoms with E-state index in [1.165, 1.54) is 19.9 Å². The largest absolute Gasteiger partial charge is 0.488 e. The van der Waals surface area contributed by atoms with Gasteiger partial charge in [-0.15, -0.1) is 23.2 Å². The van der Waals surface area contributed by atoms with Crippen LogP contribution in [0.4, 0.5) is 57.0 Å². The Morgan fingerprint density at radius 1 is 0.536 bits per heavy atom. The van der Waals surface area contributed by atoms with E-state index in [-0.39, 0.29) is 48.9 Å². The van der Waals surface area contributed by atoms with Crippen LogP contribution in [-0.2, 0) is 46.7 Å². The third-order valence-corrected chi connectivity index (χ3v) is 12.9. The Bertz CT molecular complexity index is 2960. The van der Waals surface area contributed by atoms with E-state index in [0.717, 1.165) is 41.8 Å². The number of pyridine rings is 3. The Balaban J connectivity index is 0.000000524. The molecule has 5 N–H and O–H groups in total. The molecule has 0 aromatic carbocycles. The first kappa shape index (κ1) is 76.6. The molecule has 8 heterocycles. The molecule has 1 amide bonds. The van der Waals surface area contributed by atoms with Gasteiger partial charge in [0.1, 0.15) is 32.8 Å². The van der Waals surface area contributed by atoms with Crippen molar-refractivity contribution in [2.24, 2.45) is 0 Å². The summed E-state index contributed by atoms with van der Waals surface area (Å²) in [4.78, 5) is 52.3. The summed E-state index contributed by atoms with van der Waals surface area (Å²) in [6.45, 7) is 19.2. The number of amides is 1. The monoisotopic (exact) mass is 1380 g/mol. The molecule has 2 unspecified atom stereocenters. The summed E-state index contributed by atoms with van der Waals surface area (Å²) in [5.41, 5.74) is 10.8. The minimum Gasteiger partial charge on any atom is -0.405 e. The van der Waals surface area contributed by atoms with Crippen molar-refractivity contribution < 1.29 is 67.7 Å². The third kappa shape index (κ3) is 24.2. The molecule has 0 spiro atoms. The van der Waals surface area contributed by atoms with E-state index < -0.39 is 71.9 Å². The van der Waals surface area contributed by atoms with Crippen LogP contribution < -0.4 is 16.8 Å². The fourth-order valence-corrected chi connectivity index (χ4v) is 6.22. The molecule has 460 valence electrons. The first-order chi connectivity index (χ1) is 37.5. The van der Waals surface area contributed by atoms with Gasteiger partial charge in [0.2, 0.25) is 28.6 Å². The van der Waals surface area contributed by atoms with Gasteiger partial charge in [-0.25, -0.2) is 44.9 Å². The molecule has 0 radical (unpaired) electrons. The lowest BCUT2D eigenvalue weighted by Crippen LogP contribution is -2.41. The van der Waals surface area contributed by atoms with Crippen molar-refractivity contribution in [3.8, 4) is 22.5 Å². The summed E-state index contributed by atoms with van der Waals surface area (Å²) in [6, 6.07) is 14.9. The molecular weight excluding hydrogens is 1320 g/mol. The van der Waals surface area contributed by atoms with Crippen LogP contribution in [0.25, 0.3) is 22.5 Å². The number of nitrogens with zero attached hydrogens (tertiary/aromatic N) is 9. The highest BCUT2D eigenvalue weighted by molar-refractivity contribution is 9.10. The number of nitrogens with two attached hydrogens (primary N) is 2. The Morgan fingerprint density at radius 3 is 1.13 bits per heavy atom. The maximum Gasteiger partial charge on any atom is 0.488 e. The number of anilines is 3. The lowest BCUT2D eigenvalue weighted by Gasteiger charge is -2.32. The molecule has 84 heavy (non-hydrogen) atoms. The minimum atomic E-state index is -4.60. The second-order valence-corrected chi connectivity index (χ2v) is 22.2. The molecule has 2 saturated heterocycles. The summed E-state index contributed by atoms with van der Waals surface area (Å²) in [5, 5.41) is 0.696. The van der Waals surface area contributed by atoms with Crippen LogP contribution in [0, 0.1) is 0 Å². The van der Waals surface area contributed by atoms with Crippen LogP contribution in [0.5, 0.6) is 0 Å². The van der Waals surface area contributed by atoms with Crippen LogP contribution in [0.15, 0.2) is 101 Å². The molecule has 2 aliphatic rings. The first-order valence-electron chi connectivity index (χ1n) is 23.5. The highest BCUT2D eigenvalue weighted by atomic mass is 79.9. The summed E-state index contributed by atoms with van der Waals surface area (Å²) < 4.78 is 134. The third-order valence-electron chi connectivity index (χ3n) is 11.2. The Morgan fingerprint density at radius 2 is 0.845 bits per heavy atom. The predicted molar refractivity (Wildman–Crippen MR) is 312 cm³/mol. The first-order valence-corrected chi connectivity index (χ1v) is 26.3. The second kappa shape index (κ2) is 31.8. The molecule has 2 fully saturated rings. The zero-order valence-electron chi connectivity index (χ0n) is 44.9. The molecule has 0 bridgehead atoms. The number of halogens is 14. The lowest BCUT2D eigenvalue weighted by molar-refractivity contribution is -0.145. The number of hydrogen-bond acceptors (Lipinski definition) is 17. The molecule has 6 aromatic rings. The van der Waals surface area contributed by atoms with Crippen molar-refractivity contribution in [3.05, 3.63) is 118 Å². The minimum absolute atomic E-state index is 0. The standard InChI is InChI=1S/C13H10ClF3N4O.C12H24B2O4.C10H7F3N4.C5H2BrF3N2.C5H5BrN2.C3H4Cl2O.2CH4/c1-7(14)11(22)21-10-4-2-3-9(20-10)8-5-18-12(19-6-8)13(15,16)17;1-9(2)10(3,4)16-13(15-9)14-17-11(5,6)12(7,8)18-14;11-10(12,13)9-15-4-6(5-16-9)7-2-1-3-8(14)17-7;6-3-1-10-4(11-2-3)5(7,8)9;6-4-2-1-3-5(7)8-4;1-2(4)3(5)6;;/h2-7H,1H3,(H,20,21,22);1-8H3;1-5H,(H2,14,17);1-2H;1-3H,(H2,7,8);2H,1H3;2*1H4. The average Bonchev–Trinajstić information content (AvgIpc) is 1.86. The van der Waals surface area contributed by atoms with E-state index in [1.54, 1.807) is 36.4 Å². The van der Waals surface area contributed by atoms with Crippen molar-refractivity contribution in [2.45, 2.75) is 136 Å². The van der Waals surface area contributed by atoms with Gasteiger partial charge < -0.3 is 35.4 Å². The zero-order valence-corrected chi connectivity index (χ0v) is 50.3. The number of nitrogen functional groups attached to an aromatic ring is 2. The van der Waals surface area contributed by atoms with E-state index in [2.05, 4.69) is 82.0 Å². The average molecular weight is 1380 g/mol. The number of carbonyl (C=O) groups is 2. The van der Waals surface area contributed by atoms with Gasteiger partial charge in [-0.05, 0) is 149 Å². The number of nitrogens with one attached hydrogen (secondary N) is 1. The van der Waals surface area contributed by atoms with Gasteiger partial charge in [-0.1, -0.05) is 33.1 Å². The number of aromatic nitrogens is 9. The highest BCUT2D eigenvalue weighted by Gasteiger charge is 2.63. The van der Waals surface area contributed by atoms with Gasteiger partial charge in [0.25, 0.3) is 0 Å². The molecule has 0 saturated carbocycles. The summed E-state index contributed by atoms with van der Waals surface area (Å²) >= 11 is 21.7. The van der Waals surface area contributed by atoms with Crippen molar-refractivity contribution in [1.29, 1.82) is 0 Å². The van der Waals surface area contributed by atoms with E-state index in [4.69, 9.17) is 64.9 Å². The number of hydrogen-bond donors (Lipinski definition) is 3. The molecule has 2 atom stereocenters. The Labute approximate surface area is 512 Å². The molecule has 6 aromatic heterocycles. The molecule has 34 heteroatoms. The Kier molecular flexibility index (Phi) is 29.0. The van der Waals surface area contributed by atoms with Crippen LogP contribution >= 0.6 is 66.7 Å². The number of alkyl halides is 11. The van der Waals surface area contributed by atoms with Gasteiger partial charge >= 0.3 is 32.5 Å². The van der Waals surface area contributed by atoms with Crippen LogP contribution in [0.3, 0.4) is 0 Å². The van der Waals surface area contributed by atoms with Crippen LogP contribution in [0.1, 0.15) is 102 Å². The topological polar surface area (TPSA) is 251 Å². The van der Waals surface area contributed by atoms with Crippen molar-refractivity contribution in [3.63, 3.8) is 0 Å². The van der Waals surface area contributed by atoms with Gasteiger partial charge in [-0.3, -0.25) is 9.59 Å². The van der Waals surface area contributed by atoms with E-state index >= 15 is 0 Å². The summed E-state index contributed by atoms with van der Waals surface area (Å²) in [6.07, 6.45) is -7.32. The molecule has 18 nitrogen and oxygen atoms in total. The SMILES string of the molecule is C.C.CC(Cl)C(=O)Cl.CC(Cl)C(=O)Nc1cccc(-c2cnc(C(F)(F)F)nc2)n1.CC1(C)OB(B2OC(C)(C)C(C)(C)O2)OC1(C)C.FC(F)(F)c1ncc(Br)cn1.Nc1cccc(-c2cnc(C(F)(F)F)nc2)n1.Nc1cccc(Br)n1. The maximum absolute atomic E-state index is 12.4. The van der Waals surface area contributed by atoms with Crippen molar-refractivity contribution in [2.75, 3.05) is 16.8 Å². The lowest BCUT2D eigenvalue weighted by atomic mass is 9.49. The second-order valence-electron chi connectivity index (χ2n) is 18.8.